The molecule has 3 rings (SSSR count). The second-order valence-electron chi connectivity index (χ2n) is 4.76. The van der Waals surface area contributed by atoms with Gasteiger partial charge in [-0.2, -0.15) is 0 Å². The average molecular weight is 267 g/mol. The normalized spacial score (nSPS) is 25.3. The highest BCUT2D eigenvalue weighted by atomic mass is 19.1. The summed E-state index contributed by atoms with van der Waals surface area (Å²) in [5, 5.41) is 12.1. The maximum absolute atomic E-state index is 13.9. The lowest BCUT2D eigenvalue weighted by molar-refractivity contribution is -0.141. The summed E-state index contributed by atoms with van der Waals surface area (Å²) >= 11 is 0. The predicted molar refractivity (Wildman–Crippen MR) is 63.9 cm³/mol. The van der Waals surface area contributed by atoms with E-state index < -0.39 is 17.7 Å². The van der Waals surface area contributed by atoms with Crippen LogP contribution in [0.4, 0.5) is 4.39 Å². The van der Waals surface area contributed by atoms with Gasteiger partial charge in [-0.3, -0.25) is 4.79 Å². The molecule has 2 aliphatic heterocycles. The molecular formula is C13H14FNO4. The van der Waals surface area contributed by atoms with Crippen LogP contribution < -0.4 is 14.8 Å². The van der Waals surface area contributed by atoms with E-state index in [4.69, 9.17) is 14.6 Å². The molecule has 2 heterocycles. The summed E-state index contributed by atoms with van der Waals surface area (Å²) in [5.41, 5.74) is 0.700. The summed E-state index contributed by atoms with van der Waals surface area (Å²) in [6.07, 6.45) is 0.453. The zero-order chi connectivity index (χ0) is 13.4. The van der Waals surface area contributed by atoms with E-state index in [-0.39, 0.29) is 11.8 Å². The van der Waals surface area contributed by atoms with Crippen molar-refractivity contribution in [3.05, 3.63) is 23.5 Å². The molecule has 0 spiro atoms. The Kier molecular flexibility index (Phi) is 3.02. The topological polar surface area (TPSA) is 67.8 Å². The van der Waals surface area contributed by atoms with Crippen molar-refractivity contribution in [3.63, 3.8) is 0 Å². The number of carboxylic acid groups (broad SMARTS) is 1. The van der Waals surface area contributed by atoms with Crippen molar-refractivity contribution in [2.24, 2.45) is 5.92 Å². The van der Waals surface area contributed by atoms with Gasteiger partial charge in [0.15, 0.2) is 17.3 Å². The second-order valence-corrected chi connectivity index (χ2v) is 4.76. The van der Waals surface area contributed by atoms with Gasteiger partial charge in [0.05, 0.1) is 5.92 Å². The van der Waals surface area contributed by atoms with Crippen molar-refractivity contribution in [3.8, 4) is 11.5 Å². The van der Waals surface area contributed by atoms with E-state index in [1.165, 1.54) is 6.07 Å². The van der Waals surface area contributed by atoms with Crippen LogP contribution >= 0.6 is 0 Å². The Bertz CT molecular complexity index is 520. The Balaban J connectivity index is 1.86. The number of rotatable bonds is 2. The van der Waals surface area contributed by atoms with E-state index in [0.29, 0.717) is 37.5 Å². The van der Waals surface area contributed by atoms with E-state index in [0.717, 1.165) is 0 Å². The maximum Gasteiger partial charge on any atom is 0.307 e. The number of ether oxygens (including phenoxy) is 2. The minimum Gasteiger partial charge on any atom is -0.486 e. The number of benzene rings is 1. The van der Waals surface area contributed by atoms with E-state index in [9.17, 15) is 9.18 Å². The van der Waals surface area contributed by atoms with Crippen LogP contribution in [0.15, 0.2) is 12.1 Å². The number of fused-ring (bicyclic) bond motifs is 1. The Labute approximate surface area is 109 Å². The summed E-state index contributed by atoms with van der Waals surface area (Å²) in [6.45, 7) is 1.13. The minimum atomic E-state index is -0.826. The zero-order valence-electron chi connectivity index (χ0n) is 10.2. The first-order valence-corrected chi connectivity index (χ1v) is 6.20. The molecule has 2 N–H and O–H groups in total. The summed E-state index contributed by atoms with van der Waals surface area (Å²) in [5.74, 6) is -1.19. The fraction of sp³-hybridized carbons (Fsp3) is 0.462. The Morgan fingerprint density at radius 3 is 2.89 bits per heavy atom. The quantitative estimate of drug-likeness (QED) is 0.846. The van der Waals surface area contributed by atoms with Gasteiger partial charge < -0.3 is 19.9 Å². The molecular weight excluding hydrogens is 253 g/mol. The molecule has 102 valence electrons. The van der Waals surface area contributed by atoms with Gasteiger partial charge in [0.1, 0.15) is 13.2 Å². The van der Waals surface area contributed by atoms with Crippen molar-refractivity contribution in [1.82, 2.24) is 5.32 Å². The fourth-order valence-corrected chi connectivity index (χ4v) is 2.51. The number of nitrogens with one attached hydrogen (secondary N) is 1. The van der Waals surface area contributed by atoms with Crippen molar-refractivity contribution >= 4 is 5.97 Å². The molecule has 6 heteroatoms. The molecule has 0 aliphatic carbocycles. The highest BCUT2D eigenvalue weighted by molar-refractivity contribution is 5.70. The van der Waals surface area contributed by atoms with Crippen molar-refractivity contribution in [2.75, 3.05) is 19.8 Å². The van der Waals surface area contributed by atoms with Gasteiger partial charge in [-0.25, -0.2) is 4.39 Å². The number of halogens is 1. The van der Waals surface area contributed by atoms with E-state index in [1.807, 2.05) is 0 Å². The first kappa shape index (κ1) is 12.2. The molecule has 0 saturated carbocycles. The lowest BCUT2D eigenvalue weighted by atomic mass is 9.99. The highest BCUT2D eigenvalue weighted by Gasteiger charge is 2.31. The molecule has 1 aromatic carbocycles. The van der Waals surface area contributed by atoms with Crippen LogP contribution in [0.25, 0.3) is 0 Å². The first-order valence-electron chi connectivity index (χ1n) is 6.20. The minimum absolute atomic E-state index is 0.141. The summed E-state index contributed by atoms with van der Waals surface area (Å²) in [7, 11) is 0. The van der Waals surface area contributed by atoms with Crippen LogP contribution in [0.2, 0.25) is 0 Å². The molecule has 0 amide bonds. The van der Waals surface area contributed by atoms with Gasteiger partial charge in [-0.05, 0) is 24.1 Å². The molecule has 2 atom stereocenters. The van der Waals surface area contributed by atoms with Gasteiger partial charge >= 0.3 is 5.97 Å². The third kappa shape index (κ3) is 2.23. The molecule has 2 aliphatic rings. The zero-order valence-corrected chi connectivity index (χ0v) is 10.2. The van der Waals surface area contributed by atoms with E-state index in [1.54, 1.807) is 6.07 Å². The summed E-state index contributed by atoms with van der Waals surface area (Å²) in [4.78, 5) is 10.9. The van der Waals surface area contributed by atoms with Gasteiger partial charge in [0, 0.05) is 12.6 Å². The molecule has 1 fully saturated rings. The molecule has 0 aromatic heterocycles. The summed E-state index contributed by atoms with van der Waals surface area (Å²) < 4.78 is 24.5. The highest BCUT2D eigenvalue weighted by Crippen LogP contribution is 2.38. The third-order valence-corrected chi connectivity index (χ3v) is 3.50. The van der Waals surface area contributed by atoms with Gasteiger partial charge in [0.2, 0.25) is 0 Å². The molecule has 1 aromatic rings. The molecule has 0 radical (unpaired) electrons. The lowest BCUT2D eigenvalue weighted by Gasteiger charge is -2.21. The fourth-order valence-electron chi connectivity index (χ4n) is 2.51. The molecule has 2 unspecified atom stereocenters. The molecule has 19 heavy (non-hydrogen) atoms. The van der Waals surface area contributed by atoms with Crippen LogP contribution in [0.3, 0.4) is 0 Å². The lowest BCUT2D eigenvalue weighted by Crippen LogP contribution is -2.19. The maximum atomic E-state index is 13.9. The van der Waals surface area contributed by atoms with E-state index in [2.05, 4.69) is 5.32 Å². The number of hydrogen-bond acceptors (Lipinski definition) is 4. The van der Waals surface area contributed by atoms with Crippen LogP contribution in [0.5, 0.6) is 11.5 Å². The number of hydrogen-bond donors (Lipinski definition) is 2. The van der Waals surface area contributed by atoms with E-state index >= 15 is 0 Å². The van der Waals surface area contributed by atoms with Crippen molar-refractivity contribution in [1.29, 1.82) is 0 Å². The van der Waals surface area contributed by atoms with Gasteiger partial charge in [-0.1, -0.05) is 0 Å². The Morgan fingerprint density at radius 2 is 2.16 bits per heavy atom. The SMILES string of the molecule is O=C(O)C1CNC(c2cc(F)c3c(c2)OCCO3)C1. The molecule has 5 nitrogen and oxygen atoms in total. The van der Waals surface area contributed by atoms with Crippen molar-refractivity contribution < 1.29 is 23.8 Å². The van der Waals surface area contributed by atoms with Crippen LogP contribution in [0.1, 0.15) is 18.0 Å². The van der Waals surface area contributed by atoms with Gasteiger partial charge in [0.25, 0.3) is 0 Å². The number of aliphatic carboxylic acids is 1. The van der Waals surface area contributed by atoms with Crippen LogP contribution in [-0.4, -0.2) is 30.8 Å². The van der Waals surface area contributed by atoms with Crippen LogP contribution in [0, 0.1) is 11.7 Å². The molecule has 1 saturated heterocycles. The number of carboxylic acids is 1. The summed E-state index contributed by atoms with van der Waals surface area (Å²) in [6, 6.07) is 2.95. The predicted octanol–water partition coefficient (Wildman–Crippen LogP) is 1.33. The largest absolute Gasteiger partial charge is 0.486 e. The number of carbonyl (C=O) groups is 1. The van der Waals surface area contributed by atoms with Crippen molar-refractivity contribution in [2.45, 2.75) is 12.5 Å². The Morgan fingerprint density at radius 1 is 1.37 bits per heavy atom. The van der Waals surface area contributed by atoms with Gasteiger partial charge in [-0.15, -0.1) is 0 Å². The standard InChI is InChI=1S/C13H14FNO4/c14-9-3-7(5-11-12(9)19-2-1-18-11)10-4-8(6-15-10)13(16)17/h3,5,8,10,15H,1-2,4,6H2,(H,16,17). The third-order valence-electron chi connectivity index (χ3n) is 3.50. The molecule has 0 bridgehead atoms. The smallest absolute Gasteiger partial charge is 0.307 e. The second kappa shape index (κ2) is 4.70. The van der Waals surface area contributed by atoms with Crippen LogP contribution in [-0.2, 0) is 4.79 Å². The first-order chi connectivity index (χ1) is 9.15. The monoisotopic (exact) mass is 267 g/mol. The Hall–Kier alpha value is -1.82. The average Bonchev–Trinajstić information content (AvgIpc) is 2.88.